The van der Waals surface area contributed by atoms with Crippen LogP contribution in [-0.4, -0.2) is 31.2 Å². The van der Waals surface area contributed by atoms with Crippen molar-refractivity contribution < 1.29 is 9.53 Å². The van der Waals surface area contributed by atoms with Crippen LogP contribution in [0.4, 0.5) is 0 Å². The molecule has 1 N–H and O–H groups in total. The summed E-state index contributed by atoms with van der Waals surface area (Å²) in [7, 11) is 0. The first kappa shape index (κ1) is 16.8. The Morgan fingerprint density at radius 3 is 2.85 bits per heavy atom. The molecule has 0 amide bonds. The van der Waals surface area contributed by atoms with Gasteiger partial charge in [0.2, 0.25) is 0 Å². The quantitative estimate of drug-likeness (QED) is 0.256. The number of azide groups is 1. The van der Waals surface area contributed by atoms with Crippen molar-refractivity contribution in [2.75, 3.05) is 19.7 Å². The van der Waals surface area contributed by atoms with E-state index in [4.69, 9.17) is 10.3 Å². The van der Waals surface area contributed by atoms with Gasteiger partial charge in [-0.1, -0.05) is 19.0 Å². The second-order valence-corrected chi connectivity index (χ2v) is 5.73. The Labute approximate surface area is 120 Å². The number of carbonyl (C=O) groups excluding carboxylic acids is 1. The molecule has 1 aliphatic carbocycles. The van der Waals surface area contributed by atoms with Crippen molar-refractivity contribution >= 4 is 5.97 Å². The van der Waals surface area contributed by atoms with Gasteiger partial charge in [-0.2, -0.15) is 0 Å². The highest BCUT2D eigenvalue weighted by Gasteiger charge is 2.44. The molecule has 1 rings (SSSR count). The van der Waals surface area contributed by atoms with Crippen LogP contribution < -0.4 is 5.32 Å². The zero-order valence-electron chi connectivity index (χ0n) is 12.8. The Balaban J connectivity index is 2.64. The summed E-state index contributed by atoms with van der Waals surface area (Å²) < 4.78 is 5.26. The van der Waals surface area contributed by atoms with Crippen molar-refractivity contribution in [1.29, 1.82) is 0 Å². The number of nitrogens with zero attached hydrogens (tertiary/aromatic N) is 3. The maximum atomic E-state index is 12.3. The number of esters is 1. The first-order chi connectivity index (χ1) is 9.55. The third-order valence-corrected chi connectivity index (χ3v) is 4.30. The molecular formula is C14H26N4O2. The Kier molecular flexibility index (Phi) is 6.82. The largest absolute Gasteiger partial charge is 0.465 e. The molecule has 3 atom stereocenters. The SMILES string of the molecule is CCOC(=O)C1(NCCCN=[N+]=[N-])CCC(C)C(C)C1. The molecule has 6 nitrogen and oxygen atoms in total. The van der Waals surface area contributed by atoms with Crippen LogP contribution in [-0.2, 0) is 9.53 Å². The van der Waals surface area contributed by atoms with Crippen LogP contribution in [0.5, 0.6) is 0 Å². The number of hydrogen-bond acceptors (Lipinski definition) is 4. The van der Waals surface area contributed by atoms with Crippen molar-refractivity contribution in [3.63, 3.8) is 0 Å². The van der Waals surface area contributed by atoms with Crippen LogP contribution in [0.2, 0.25) is 0 Å². The molecular weight excluding hydrogens is 256 g/mol. The zero-order chi connectivity index (χ0) is 15.0. The van der Waals surface area contributed by atoms with Gasteiger partial charge in [-0.3, -0.25) is 4.79 Å². The molecule has 6 heteroatoms. The Morgan fingerprint density at radius 2 is 2.25 bits per heavy atom. The standard InChI is InChI=1S/C14H26N4O2/c1-4-20-13(19)14(16-8-5-9-17-18-15)7-6-11(2)12(3)10-14/h11-12,16H,4-10H2,1-3H3. The van der Waals surface area contributed by atoms with Gasteiger partial charge in [-0.15, -0.1) is 0 Å². The third-order valence-electron chi connectivity index (χ3n) is 4.30. The molecule has 3 unspecified atom stereocenters. The van der Waals surface area contributed by atoms with Crippen molar-refractivity contribution in [2.45, 2.75) is 52.0 Å². The molecule has 1 saturated carbocycles. The molecule has 0 aromatic rings. The summed E-state index contributed by atoms with van der Waals surface area (Å²) in [4.78, 5) is 15.1. The van der Waals surface area contributed by atoms with Crippen LogP contribution in [0, 0.1) is 11.8 Å². The van der Waals surface area contributed by atoms with Crippen LogP contribution >= 0.6 is 0 Å². The van der Waals surface area contributed by atoms with Gasteiger partial charge in [-0.05, 0) is 56.5 Å². The lowest BCUT2D eigenvalue weighted by molar-refractivity contribution is -0.154. The normalized spacial score (nSPS) is 29.6. The molecule has 1 aliphatic rings. The highest BCUT2D eigenvalue weighted by molar-refractivity contribution is 5.81. The minimum atomic E-state index is -0.557. The van der Waals surface area contributed by atoms with Crippen LogP contribution in [0.25, 0.3) is 10.4 Å². The molecule has 0 aromatic carbocycles. The Morgan fingerprint density at radius 1 is 1.50 bits per heavy atom. The van der Waals surface area contributed by atoms with Crippen LogP contribution in [0.15, 0.2) is 5.11 Å². The van der Waals surface area contributed by atoms with E-state index in [1.54, 1.807) is 0 Å². The van der Waals surface area contributed by atoms with E-state index < -0.39 is 5.54 Å². The highest BCUT2D eigenvalue weighted by Crippen LogP contribution is 2.37. The minimum absolute atomic E-state index is 0.137. The van der Waals surface area contributed by atoms with Crippen molar-refractivity contribution in [1.82, 2.24) is 5.32 Å². The van der Waals surface area contributed by atoms with Gasteiger partial charge in [0.05, 0.1) is 6.61 Å². The third kappa shape index (κ3) is 4.39. The number of hydrogen-bond donors (Lipinski definition) is 1. The predicted octanol–water partition coefficient (Wildman–Crippen LogP) is 3.03. The molecule has 0 bridgehead atoms. The summed E-state index contributed by atoms with van der Waals surface area (Å²) in [5.41, 5.74) is 7.69. The number of ether oxygens (including phenoxy) is 1. The molecule has 0 aliphatic heterocycles. The van der Waals surface area contributed by atoms with E-state index in [0.717, 1.165) is 25.7 Å². The summed E-state index contributed by atoms with van der Waals surface area (Å²) in [5.74, 6) is 1.00. The van der Waals surface area contributed by atoms with E-state index in [1.807, 2.05) is 6.92 Å². The van der Waals surface area contributed by atoms with Crippen LogP contribution in [0.3, 0.4) is 0 Å². The summed E-state index contributed by atoms with van der Waals surface area (Å²) in [5, 5.41) is 6.88. The van der Waals surface area contributed by atoms with Gasteiger partial charge in [0.15, 0.2) is 0 Å². The molecule has 20 heavy (non-hydrogen) atoms. The monoisotopic (exact) mass is 282 g/mol. The Bertz CT molecular complexity index is 368. The second kappa shape index (κ2) is 8.12. The highest BCUT2D eigenvalue weighted by atomic mass is 16.5. The topological polar surface area (TPSA) is 87.1 Å². The van der Waals surface area contributed by atoms with E-state index >= 15 is 0 Å². The lowest BCUT2D eigenvalue weighted by Gasteiger charge is -2.41. The van der Waals surface area contributed by atoms with E-state index in [9.17, 15) is 4.79 Å². The Hall–Kier alpha value is -1.26. The summed E-state index contributed by atoms with van der Waals surface area (Å²) in [6.45, 7) is 7.79. The van der Waals surface area contributed by atoms with Crippen LogP contribution in [0.1, 0.15) is 46.5 Å². The van der Waals surface area contributed by atoms with Gasteiger partial charge < -0.3 is 10.1 Å². The smallest absolute Gasteiger partial charge is 0.326 e. The lowest BCUT2D eigenvalue weighted by Crippen LogP contribution is -2.56. The van der Waals surface area contributed by atoms with Crippen molar-refractivity contribution in [2.24, 2.45) is 17.0 Å². The van der Waals surface area contributed by atoms with E-state index in [0.29, 0.717) is 31.5 Å². The van der Waals surface area contributed by atoms with Crippen molar-refractivity contribution in [3.05, 3.63) is 10.4 Å². The maximum Gasteiger partial charge on any atom is 0.326 e. The number of carbonyl (C=O) groups is 1. The summed E-state index contributed by atoms with van der Waals surface area (Å²) in [6.07, 6.45) is 3.39. The number of nitrogens with one attached hydrogen (secondary N) is 1. The zero-order valence-corrected chi connectivity index (χ0v) is 12.8. The fourth-order valence-electron chi connectivity index (χ4n) is 2.82. The molecule has 114 valence electrons. The molecule has 0 saturated heterocycles. The molecule has 0 heterocycles. The van der Waals surface area contributed by atoms with E-state index in [1.165, 1.54) is 0 Å². The number of rotatable bonds is 7. The fraction of sp³-hybridized carbons (Fsp3) is 0.929. The average Bonchev–Trinajstić information content (AvgIpc) is 2.43. The van der Waals surface area contributed by atoms with Crippen molar-refractivity contribution in [3.8, 4) is 0 Å². The van der Waals surface area contributed by atoms with E-state index in [-0.39, 0.29) is 5.97 Å². The van der Waals surface area contributed by atoms with Gasteiger partial charge in [-0.25, -0.2) is 0 Å². The fourth-order valence-corrected chi connectivity index (χ4v) is 2.82. The first-order valence-corrected chi connectivity index (χ1v) is 7.49. The maximum absolute atomic E-state index is 12.3. The minimum Gasteiger partial charge on any atom is -0.465 e. The second-order valence-electron chi connectivity index (χ2n) is 5.73. The van der Waals surface area contributed by atoms with Gasteiger partial charge >= 0.3 is 5.97 Å². The molecule has 0 radical (unpaired) electrons. The predicted molar refractivity (Wildman–Crippen MR) is 78.2 cm³/mol. The summed E-state index contributed by atoms with van der Waals surface area (Å²) in [6, 6.07) is 0. The summed E-state index contributed by atoms with van der Waals surface area (Å²) >= 11 is 0. The van der Waals surface area contributed by atoms with E-state index in [2.05, 4.69) is 29.2 Å². The lowest BCUT2D eigenvalue weighted by atomic mass is 9.71. The molecule has 0 spiro atoms. The van der Waals surface area contributed by atoms with Gasteiger partial charge in [0, 0.05) is 11.5 Å². The van der Waals surface area contributed by atoms with Gasteiger partial charge in [0.1, 0.15) is 5.54 Å². The average molecular weight is 282 g/mol. The van der Waals surface area contributed by atoms with Gasteiger partial charge in [0.25, 0.3) is 0 Å². The molecule has 0 aromatic heterocycles. The first-order valence-electron chi connectivity index (χ1n) is 7.49. The molecule has 1 fully saturated rings.